The first-order valence-electron chi connectivity index (χ1n) is 6.73. The molecule has 1 heterocycles. The van der Waals surface area contributed by atoms with Gasteiger partial charge < -0.3 is 9.30 Å². The summed E-state index contributed by atoms with van der Waals surface area (Å²) in [7, 11) is 1.68. The Balaban J connectivity index is 2.58. The van der Waals surface area contributed by atoms with Gasteiger partial charge in [0.2, 0.25) is 5.43 Å². The molecule has 0 unspecified atom stereocenters. The topological polar surface area (TPSA) is 31.2 Å². The molecule has 0 N–H and O–H groups in total. The van der Waals surface area contributed by atoms with Crippen molar-refractivity contribution in [2.75, 3.05) is 0 Å². The maximum Gasteiger partial charge on any atom is 0.416 e. The van der Waals surface area contributed by atoms with Gasteiger partial charge in [-0.3, -0.25) is 4.79 Å². The first-order valence-corrected chi connectivity index (χ1v) is 6.73. The summed E-state index contributed by atoms with van der Waals surface area (Å²) < 4.78 is 45.4. The van der Waals surface area contributed by atoms with Crippen molar-refractivity contribution in [1.29, 1.82) is 0 Å². The lowest BCUT2D eigenvalue weighted by Crippen LogP contribution is -2.17. The van der Waals surface area contributed by atoms with Gasteiger partial charge >= 0.3 is 6.18 Å². The lowest BCUT2D eigenvalue weighted by Gasteiger charge is -2.13. The van der Waals surface area contributed by atoms with Crippen molar-refractivity contribution in [3.63, 3.8) is 0 Å². The van der Waals surface area contributed by atoms with Crippen LogP contribution < -0.4 is 10.2 Å². The molecule has 0 bridgehead atoms. The summed E-state index contributed by atoms with van der Waals surface area (Å²) in [5.74, 6) is 0.118. The van der Waals surface area contributed by atoms with Crippen LogP contribution in [0.5, 0.6) is 5.75 Å². The summed E-state index contributed by atoms with van der Waals surface area (Å²) in [6.45, 7) is 3.55. The zero-order valence-electron chi connectivity index (χ0n) is 12.4. The van der Waals surface area contributed by atoms with Crippen molar-refractivity contribution in [3.8, 4) is 16.9 Å². The monoisotopic (exact) mass is 311 g/mol. The highest BCUT2D eigenvalue weighted by atomic mass is 19.4. The van der Waals surface area contributed by atoms with Crippen LogP contribution in [-0.2, 0) is 13.2 Å². The van der Waals surface area contributed by atoms with Crippen molar-refractivity contribution in [3.05, 3.63) is 52.4 Å². The Morgan fingerprint density at radius 2 is 1.86 bits per heavy atom. The maximum absolute atomic E-state index is 12.8. The fraction of sp³-hybridized carbons (Fsp3) is 0.312. The SMILES string of the molecule is CC(C)Oc1cn(C)cc(-c2cccc(C(F)(F)F)c2)c1=O. The fourth-order valence-electron chi connectivity index (χ4n) is 2.08. The molecule has 0 aliphatic carbocycles. The molecule has 0 aliphatic heterocycles. The molecule has 0 amide bonds. The Hall–Kier alpha value is -2.24. The number of alkyl halides is 3. The lowest BCUT2D eigenvalue weighted by atomic mass is 10.0. The first-order chi connectivity index (χ1) is 10.2. The number of hydrogen-bond donors (Lipinski definition) is 0. The van der Waals surface area contributed by atoms with Crippen LogP contribution in [0, 0.1) is 0 Å². The average molecular weight is 311 g/mol. The molecular weight excluding hydrogens is 295 g/mol. The highest BCUT2D eigenvalue weighted by Gasteiger charge is 2.30. The predicted molar refractivity (Wildman–Crippen MR) is 77.9 cm³/mol. The highest BCUT2D eigenvalue weighted by molar-refractivity contribution is 5.65. The standard InChI is InChI=1S/C16H16F3NO2/c1-10(2)22-14-9-20(3)8-13(15(14)21)11-5-4-6-12(7-11)16(17,18)19/h4-10H,1-3H3. The fourth-order valence-corrected chi connectivity index (χ4v) is 2.08. The molecule has 2 rings (SSSR count). The zero-order chi connectivity index (χ0) is 16.5. The molecule has 3 nitrogen and oxygen atoms in total. The average Bonchev–Trinajstić information content (AvgIpc) is 2.41. The van der Waals surface area contributed by atoms with Gasteiger partial charge in [-0.25, -0.2) is 0 Å². The Kier molecular flexibility index (Phi) is 4.30. The number of pyridine rings is 1. The summed E-state index contributed by atoms with van der Waals surface area (Å²) in [4.78, 5) is 12.4. The van der Waals surface area contributed by atoms with E-state index in [0.717, 1.165) is 12.1 Å². The van der Waals surface area contributed by atoms with Gasteiger partial charge in [0.1, 0.15) is 0 Å². The smallest absolute Gasteiger partial charge is 0.416 e. The maximum atomic E-state index is 12.8. The molecule has 0 saturated heterocycles. The number of rotatable bonds is 3. The minimum absolute atomic E-state index is 0.118. The van der Waals surface area contributed by atoms with Crippen LogP contribution in [0.3, 0.4) is 0 Å². The lowest BCUT2D eigenvalue weighted by molar-refractivity contribution is -0.137. The van der Waals surface area contributed by atoms with Crippen molar-refractivity contribution in [2.24, 2.45) is 7.05 Å². The summed E-state index contributed by atoms with van der Waals surface area (Å²) in [6.07, 6.45) is -1.65. The minimum Gasteiger partial charge on any atom is -0.485 e. The molecule has 0 spiro atoms. The van der Waals surface area contributed by atoms with Crippen LogP contribution in [0.15, 0.2) is 41.5 Å². The quantitative estimate of drug-likeness (QED) is 0.862. The minimum atomic E-state index is -4.45. The zero-order valence-corrected chi connectivity index (χ0v) is 12.4. The molecular formula is C16H16F3NO2. The van der Waals surface area contributed by atoms with Crippen molar-refractivity contribution in [2.45, 2.75) is 26.1 Å². The van der Waals surface area contributed by atoms with E-state index in [1.54, 1.807) is 25.5 Å². The number of hydrogen-bond acceptors (Lipinski definition) is 2. The van der Waals surface area contributed by atoms with Gasteiger partial charge in [-0.1, -0.05) is 12.1 Å². The van der Waals surface area contributed by atoms with Gasteiger partial charge in [-0.15, -0.1) is 0 Å². The van der Waals surface area contributed by atoms with Crippen LogP contribution >= 0.6 is 0 Å². The highest BCUT2D eigenvalue weighted by Crippen LogP contribution is 2.31. The first kappa shape index (κ1) is 16.1. The van der Waals surface area contributed by atoms with Crippen LogP contribution in [-0.4, -0.2) is 10.7 Å². The van der Waals surface area contributed by atoms with Crippen molar-refractivity contribution in [1.82, 2.24) is 4.57 Å². The number of ether oxygens (including phenoxy) is 1. The Morgan fingerprint density at radius 1 is 1.18 bits per heavy atom. The number of benzene rings is 1. The molecule has 0 fully saturated rings. The summed E-state index contributed by atoms with van der Waals surface area (Å²) in [6, 6.07) is 4.71. The normalized spacial score (nSPS) is 11.8. The van der Waals surface area contributed by atoms with Crippen molar-refractivity contribution >= 4 is 0 Å². The van der Waals surface area contributed by atoms with Crippen LogP contribution in [0.4, 0.5) is 13.2 Å². The molecule has 2 aromatic rings. The van der Waals surface area contributed by atoms with Gasteiger partial charge in [0.15, 0.2) is 5.75 Å². The van der Waals surface area contributed by atoms with Gasteiger partial charge in [0, 0.05) is 25.0 Å². The summed E-state index contributed by atoms with van der Waals surface area (Å²) in [5.41, 5.74) is -0.829. The van der Waals surface area contributed by atoms with Crippen LogP contribution in [0.25, 0.3) is 11.1 Å². The molecule has 0 aliphatic rings. The van der Waals surface area contributed by atoms with E-state index in [2.05, 4.69) is 0 Å². The Bertz CT molecular complexity index is 733. The summed E-state index contributed by atoms with van der Waals surface area (Å²) >= 11 is 0. The second kappa shape index (κ2) is 5.87. The molecule has 1 aromatic carbocycles. The Morgan fingerprint density at radius 3 is 2.45 bits per heavy atom. The summed E-state index contributed by atoms with van der Waals surface area (Å²) in [5, 5.41) is 0. The number of nitrogens with zero attached hydrogens (tertiary/aromatic N) is 1. The largest absolute Gasteiger partial charge is 0.485 e. The third-order valence-electron chi connectivity index (χ3n) is 2.99. The number of aromatic nitrogens is 1. The van der Waals surface area contributed by atoms with E-state index >= 15 is 0 Å². The van der Waals surface area contributed by atoms with Crippen molar-refractivity contribution < 1.29 is 17.9 Å². The van der Waals surface area contributed by atoms with E-state index in [-0.39, 0.29) is 23.0 Å². The third kappa shape index (κ3) is 3.50. The van der Waals surface area contributed by atoms with E-state index in [1.165, 1.54) is 24.5 Å². The number of halogens is 3. The second-order valence-electron chi connectivity index (χ2n) is 5.28. The number of aryl methyl sites for hydroxylation is 1. The van der Waals surface area contributed by atoms with Crippen LogP contribution in [0.1, 0.15) is 19.4 Å². The van der Waals surface area contributed by atoms with Gasteiger partial charge in [0.25, 0.3) is 0 Å². The van der Waals surface area contributed by atoms with Gasteiger partial charge in [-0.05, 0) is 31.5 Å². The van der Waals surface area contributed by atoms with E-state index in [9.17, 15) is 18.0 Å². The van der Waals surface area contributed by atoms with Crippen LogP contribution in [0.2, 0.25) is 0 Å². The molecule has 118 valence electrons. The van der Waals surface area contributed by atoms with E-state index < -0.39 is 17.2 Å². The molecule has 0 saturated carbocycles. The molecule has 22 heavy (non-hydrogen) atoms. The third-order valence-corrected chi connectivity index (χ3v) is 2.99. The van der Waals surface area contributed by atoms with Gasteiger partial charge in [-0.2, -0.15) is 13.2 Å². The molecule has 0 radical (unpaired) electrons. The molecule has 6 heteroatoms. The molecule has 1 aromatic heterocycles. The predicted octanol–water partition coefficient (Wildman–Crippen LogP) is 3.86. The second-order valence-corrected chi connectivity index (χ2v) is 5.28. The Labute approximate surface area is 126 Å². The van der Waals surface area contributed by atoms with Gasteiger partial charge in [0.05, 0.1) is 11.7 Å². The molecule has 0 atom stereocenters. The van der Waals surface area contributed by atoms with E-state index in [1.807, 2.05) is 0 Å². The van der Waals surface area contributed by atoms with E-state index in [0.29, 0.717) is 0 Å². The van der Waals surface area contributed by atoms with E-state index in [4.69, 9.17) is 4.74 Å².